The maximum Gasteiger partial charge on any atom is 0.335 e. The zero-order chi connectivity index (χ0) is 11.5. The topological polar surface area (TPSA) is 26.3 Å². The number of para-hydroxylation sites is 1. The van der Waals surface area contributed by atoms with Crippen LogP contribution in [0.15, 0.2) is 24.3 Å². The van der Waals surface area contributed by atoms with Gasteiger partial charge in [0, 0.05) is 0 Å². The molecule has 0 radical (unpaired) electrons. The molecule has 1 aromatic carbocycles. The van der Waals surface area contributed by atoms with E-state index in [0.717, 1.165) is 6.07 Å². The number of methoxy groups -OCH3 is 1. The van der Waals surface area contributed by atoms with Crippen LogP contribution in [-0.4, -0.2) is 18.8 Å². The minimum atomic E-state index is -3.60. The summed E-state index contributed by atoms with van der Waals surface area (Å²) >= 11 is 5.11. The molecule has 0 fully saturated rings. The number of carbonyl (C=O) groups is 1. The van der Waals surface area contributed by atoms with E-state index in [-0.39, 0.29) is 5.75 Å². The summed E-state index contributed by atoms with van der Waals surface area (Å²) in [5, 5.41) is 0. The van der Waals surface area contributed by atoms with E-state index in [1.165, 1.54) is 19.2 Å². The van der Waals surface area contributed by atoms with Gasteiger partial charge in [0.1, 0.15) is 5.75 Å². The van der Waals surface area contributed by atoms with Crippen LogP contribution in [0.4, 0.5) is 8.78 Å². The largest absolute Gasteiger partial charge is 0.496 e. The van der Waals surface area contributed by atoms with E-state index < -0.39 is 23.1 Å². The van der Waals surface area contributed by atoms with Crippen LogP contribution in [0.25, 0.3) is 0 Å². The monoisotopic (exact) mass is 234 g/mol. The lowest BCUT2D eigenvalue weighted by atomic mass is 10.0. The average molecular weight is 235 g/mol. The molecule has 0 aromatic heterocycles. The second-order valence-corrected chi connectivity index (χ2v) is 3.10. The molecule has 1 rings (SSSR count). The van der Waals surface area contributed by atoms with Crippen LogP contribution < -0.4 is 4.74 Å². The van der Waals surface area contributed by atoms with Crippen LogP contribution in [0.5, 0.6) is 5.75 Å². The molecular weight excluding hydrogens is 226 g/mol. The van der Waals surface area contributed by atoms with E-state index in [4.69, 9.17) is 16.3 Å². The standard InChI is InChI=1S/C10H9ClF2O2/c1-15-8-5-3-2-4-7(8)10(12,13)9(14)6-11/h2-5H,6H2,1H3. The number of ether oxygens (including phenoxy) is 1. The van der Waals surface area contributed by atoms with Gasteiger partial charge in [-0.3, -0.25) is 4.79 Å². The molecule has 82 valence electrons. The number of ketones is 1. The smallest absolute Gasteiger partial charge is 0.335 e. The highest BCUT2D eigenvalue weighted by Crippen LogP contribution is 2.35. The third-order valence-corrected chi connectivity index (χ3v) is 2.16. The number of benzene rings is 1. The SMILES string of the molecule is COc1ccccc1C(F)(F)C(=O)CCl. The lowest BCUT2D eigenvalue weighted by Crippen LogP contribution is -2.27. The van der Waals surface area contributed by atoms with E-state index >= 15 is 0 Å². The van der Waals surface area contributed by atoms with Crippen molar-refractivity contribution in [2.75, 3.05) is 13.0 Å². The molecule has 0 aliphatic heterocycles. The first-order chi connectivity index (χ1) is 7.04. The zero-order valence-corrected chi connectivity index (χ0v) is 8.72. The predicted molar refractivity (Wildman–Crippen MR) is 52.6 cm³/mol. The Bertz CT molecular complexity index is 366. The van der Waals surface area contributed by atoms with Gasteiger partial charge in [0.15, 0.2) is 0 Å². The lowest BCUT2D eigenvalue weighted by molar-refractivity contribution is -0.141. The van der Waals surface area contributed by atoms with Crippen molar-refractivity contribution in [1.82, 2.24) is 0 Å². The van der Waals surface area contributed by atoms with Gasteiger partial charge in [0.2, 0.25) is 5.78 Å². The summed E-state index contributed by atoms with van der Waals surface area (Å²) < 4.78 is 31.7. The van der Waals surface area contributed by atoms with Gasteiger partial charge in [-0.05, 0) is 12.1 Å². The summed E-state index contributed by atoms with van der Waals surface area (Å²) in [7, 11) is 1.26. The first kappa shape index (κ1) is 11.9. The molecule has 0 aliphatic rings. The Morgan fingerprint density at radius 1 is 1.47 bits per heavy atom. The molecule has 15 heavy (non-hydrogen) atoms. The number of halogens is 3. The van der Waals surface area contributed by atoms with E-state index in [2.05, 4.69) is 0 Å². The predicted octanol–water partition coefficient (Wildman–Crippen LogP) is 2.59. The molecule has 0 unspecified atom stereocenters. The van der Waals surface area contributed by atoms with Gasteiger partial charge in [0.05, 0.1) is 18.6 Å². The summed E-state index contributed by atoms with van der Waals surface area (Å²) in [6.07, 6.45) is 0. The molecule has 1 aromatic rings. The summed E-state index contributed by atoms with van der Waals surface area (Å²) in [6, 6.07) is 5.46. The molecule has 5 heteroatoms. The minimum Gasteiger partial charge on any atom is -0.496 e. The normalized spacial score (nSPS) is 11.2. The Morgan fingerprint density at radius 2 is 2.07 bits per heavy atom. The van der Waals surface area contributed by atoms with Crippen molar-refractivity contribution in [2.45, 2.75) is 5.92 Å². The lowest BCUT2D eigenvalue weighted by Gasteiger charge is -2.16. The van der Waals surface area contributed by atoms with Gasteiger partial charge in [-0.15, -0.1) is 11.6 Å². The molecule has 0 bridgehead atoms. The van der Waals surface area contributed by atoms with Crippen LogP contribution >= 0.6 is 11.6 Å². The van der Waals surface area contributed by atoms with Gasteiger partial charge in [-0.25, -0.2) is 0 Å². The van der Waals surface area contributed by atoms with Crippen LogP contribution in [0.2, 0.25) is 0 Å². The summed E-state index contributed by atoms with van der Waals surface area (Å²) in [5.74, 6) is -5.70. The van der Waals surface area contributed by atoms with Crippen LogP contribution in [-0.2, 0) is 10.7 Å². The van der Waals surface area contributed by atoms with E-state index in [0.29, 0.717) is 0 Å². The number of Topliss-reactive ketones (excluding diaryl/α,β-unsaturated/α-hetero) is 1. The quantitative estimate of drug-likeness (QED) is 0.749. The Balaban J connectivity index is 3.19. The average Bonchev–Trinajstić information content (AvgIpc) is 2.27. The fourth-order valence-corrected chi connectivity index (χ4v) is 1.31. The second-order valence-electron chi connectivity index (χ2n) is 2.83. The van der Waals surface area contributed by atoms with Gasteiger partial charge in [-0.1, -0.05) is 12.1 Å². The fourth-order valence-electron chi connectivity index (χ4n) is 1.14. The van der Waals surface area contributed by atoms with Crippen molar-refractivity contribution in [2.24, 2.45) is 0 Å². The Morgan fingerprint density at radius 3 is 2.60 bits per heavy atom. The van der Waals surface area contributed by atoms with Crippen molar-refractivity contribution >= 4 is 17.4 Å². The van der Waals surface area contributed by atoms with Gasteiger partial charge in [0.25, 0.3) is 0 Å². The zero-order valence-electron chi connectivity index (χ0n) is 7.97. The van der Waals surface area contributed by atoms with Crippen molar-refractivity contribution in [3.8, 4) is 5.75 Å². The summed E-state index contributed by atoms with van der Waals surface area (Å²) in [4.78, 5) is 11.0. The summed E-state index contributed by atoms with van der Waals surface area (Å²) in [5.41, 5.74) is -0.460. The van der Waals surface area contributed by atoms with Crippen LogP contribution in [0.3, 0.4) is 0 Å². The third kappa shape index (κ3) is 2.26. The van der Waals surface area contributed by atoms with Crippen LogP contribution in [0.1, 0.15) is 5.56 Å². The molecule has 0 atom stereocenters. The van der Waals surface area contributed by atoms with Crippen molar-refractivity contribution in [1.29, 1.82) is 0 Å². The molecule has 0 N–H and O–H groups in total. The number of carbonyl (C=O) groups excluding carboxylic acids is 1. The highest BCUT2D eigenvalue weighted by atomic mass is 35.5. The Kier molecular flexibility index (Phi) is 3.63. The van der Waals surface area contributed by atoms with Crippen LogP contribution in [0, 0.1) is 0 Å². The first-order valence-electron chi connectivity index (χ1n) is 4.14. The highest BCUT2D eigenvalue weighted by Gasteiger charge is 2.41. The molecule has 0 saturated carbocycles. The maximum atomic E-state index is 13.5. The van der Waals surface area contributed by atoms with E-state index in [1.54, 1.807) is 6.07 Å². The summed E-state index contributed by atoms with van der Waals surface area (Å²) in [6.45, 7) is 0. The van der Waals surface area contributed by atoms with E-state index in [9.17, 15) is 13.6 Å². The van der Waals surface area contributed by atoms with Crippen molar-refractivity contribution < 1.29 is 18.3 Å². The number of hydrogen-bond donors (Lipinski definition) is 0. The Labute approximate surface area is 90.8 Å². The number of rotatable bonds is 4. The first-order valence-corrected chi connectivity index (χ1v) is 4.68. The molecular formula is C10H9ClF2O2. The highest BCUT2D eigenvalue weighted by molar-refractivity contribution is 6.28. The number of alkyl halides is 3. The number of hydrogen-bond acceptors (Lipinski definition) is 2. The molecule has 0 heterocycles. The van der Waals surface area contributed by atoms with Gasteiger partial charge < -0.3 is 4.74 Å². The Hall–Kier alpha value is -1.16. The van der Waals surface area contributed by atoms with Crippen molar-refractivity contribution in [3.63, 3.8) is 0 Å². The minimum absolute atomic E-state index is 0.0269. The molecule has 0 saturated heterocycles. The molecule has 0 aliphatic carbocycles. The molecule has 2 nitrogen and oxygen atoms in total. The molecule has 0 amide bonds. The second kappa shape index (κ2) is 4.57. The van der Waals surface area contributed by atoms with Gasteiger partial charge in [-0.2, -0.15) is 8.78 Å². The van der Waals surface area contributed by atoms with Gasteiger partial charge >= 0.3 is 5.92 Å². The van der Waals surface area contributed by atoms with Crippen molar-refractivity contribution in [3.05, 3.63) is 29.8 Å². The third-order valence-electron chi connectivity index (χ3n) is 1.92. The fraction of sp³-hybridized carbons (Fsp3) is 0.300. The molecule has 0 spiro atoms. The van der Waals surface area contributed by atoms with E-state index in [1.807, 2.05) is 0 Å². The maximum absolute atomic E-state index is 13.5.